The predicted molar refractivity (Wildman–Crippen MR) is 108 cm³/mol. The first-order valence-corrected chi connectivity index (χ1v) is 9.66. The average Bonchev–Trinajstić information content (AvgIpc) is 3.12. The lowest BCUT2D eigenvalue weighted by Crippen LogP contribution is -2.36. The Morgan fingerprint density at radius 2 is 1.93 bits per heavy atom. The van der Waals surface area contributed by atoms with Gasteiger partial charge in [0, 0.05) is 31.5 Å². The monoisotopic (exact) mass is 390 g/mol. The van der Waals surface area contributed by atoms with Crippen LogP contribution in [0.3, 0.4) is 0 Å². The van der Waals surface area contributed by atoms with Gasteiger partial charge < -0.3 is 14.4 Å². The van der Waals surface area contributed by atoms with Crippen molar-refractivity contribution in [1.29, 1.82) is 0 Å². The summed E-state index contributed by atoms with van der Waals surface area (Å²) in [4.78, 5) is 30.1. The van der Waals surface area contributed by atoms with Gasteiger partial charge in [0.05, 0.1) is 11.3 Å². The number of aromatic carboxylic acids is 1. The zero-order chi connectivity index (χ0) is 20.4. The lowest BCUT2D eigenvalue weighted by atomic mass is 9.97. The number of nitrogens with zero attached hydrogens (tertiary/aromatic N) is 2. The Morgan fingerprint density at radius 3 is 2.69 bits per heavy atom. The maximum absolute atomic E-state index is 12.7. The fourth-order valence-corrected chi connectivity index (χ4v) is 3.69. The summed E-state index contributed by atoms with van der Waals surface area (Å²) in [7, 11) is 0. The summed E-state index contributed by atoms with van der Waals surface area (Å²) in [6.07, 6.45) is 1.48. The lowest BCUT2D eigenvalue weighted by Gasteiger charge is -2.29. The number of aromatic nitrogens is 1. The van der Waals surface area contributed by atoms with E-state index in [1.54, 1.807) is 17.0 Å². The first-order valence-electron chi connectivity index (χ1n) is 9.66. The van der Waals surface area contributed by atoms with Gasteiger partial charge >= 0.3 is 5.97 Å². The van der Waals surface area contributed by atoms with Crippen LogP contribution < -0.4 is 0 Å². The molecule has 1 aliphatic rings. The summed E-state index contributed by atoms with van der Waals surface area (Å²) >= 11 is 0. The fraction of sp³-hybridized carbons (Fsp3) is 0.261. The van der Waals surface area contributed by atoms with Crippen molar-refractivity contribution in [3.05, 3.63) is 76.8 Å². The van der Waals surface area contributed by atoms with Crippen LogP contribution in [0.4, 0.5) is 0 Å². The normalized spacial score (nSPS) is 13.2. The fourth-order valence-electron chi connectivity index (χ4n) is 3.69. The molecule has 4 rings (SSSR count). The number of hydrogen-bond acceptors (Lipinski definition) is 4. The molecule has 0 fully saturated rings. The molecule has 3 aromatic rings. The van der Waals surface area contributed by atoms with E-state index in [9.17, 15) is 14.7 Å². The van der Waals surface area contributed by atoms with Gasteiger partial charge in [-0.2, -0.15) is 0 Å². The van der Waals surface area contributed by atoms with E-state index in [0.717, 1.165) is 34.6 Å². The summed E-state index contributed by atoms with van der Waals surface area (Å²) in [5, 5.41) is 9.18. The third-order valence-electron chi connectivity index (χ3n) is 5.25. The number of oxazole rings is 1. The number of carboxylic acids is 1. The van der Waals surface area contributed by atoms with E-state index in [2.05, 4.69) is 4.98 Å². The minimum atomic E-state index is -0.954. The second kappa shape index (κ2) is 7.91. The first-order chi connectivity index (χ1) is 14.0. The molecule has 6 nitrogen and oxygen atoms in total. The molecular formula is C23H22N2O4. The molecule has 6 heteroatoms. The SMILES string of the molecule is Cc1nc(CCC(=O)N2CCc3ccc(C(=O)O)cc3C2)oc1-c1ccccc1. The van der Waals surface area contributed by atoms with Crippen LogP contribution in [0.1, 0.15) is 39.5 Å². The van der Waals surface area contributed by atoms with Crippen LogP contribution in [0.25, 0.3) is 11.3 Å². The number of hydrogen-bond donors (Lipinski definition) is 1. The van der Waals surface area contributed by atoms with Gasteiger partial charge in [-0.05, 0) is 36.6 Å². The van der Waals surface area contributed by atoms with Gasteiger partial charge in [0.2, 0.25) is 5.91 Å². The Kier molecular flexibility index (Phi) is 5.16. The van der Waals surface area contributed by atoms with Crippen molar-refractivity contribution < 1.29 is 19.1 Å². The molecule has 0 radical (unpaired) electrons. The van der Waals surface area contributed by atoms with Crippen LogP contribution in [0.2, 0.25) is 0 Å². The van der Waals surface area contributed by atoms with Crippen LogP contribution in [0.15, 0.2) is 52.9 Å². The Labute approximate surface area is 168 Å². The standard InChI is InChI=1S/C23H22N2O4/c1-15-22(17-5-3-2-4-6-17)29-20(24-15)9-10-21(26)25-12-11-16-7-8-18(23(27)28)13-19(16)14-25/h2-8,13H,9-12,14H2,1H3,(H,27,28). The number of carboxylic acid groups (broad SMARTS) is 1. The van der Waals surface area contributed by atoms with Crippen molar-refractivity contribution in [2.24, 2.45) is 0 Å². The number of benzene rings is 2. The second-order valence-electron chi connectivity index (χ2n) is 7.24. The van der Waals surface area contributed by atoms with Gasteiger partial charge in [0.15, 0.2) is 11.7 Å². The van der Waals surface area contributed by atoms with Gasteiger partial charge in [-0.15, -0.1) is 0 Å². The summed E-state index contributed by atoms with van der Waals surface area (Å²) in [6, 6.07) is 14.9. The molecule has 0 spiro atoms. The zero-order valence-electron chi connectivity index (χ0n) is 16.2. The lowest BCUT2D eigenvalue weighted by molar-refractivity contribution is -0.132. The number of carbonyl (C=O) groups is 2. The molecule has 1 N–H and O–H groups in total. The Morgan fingerprint density at radius 1 is 1.14 bits per heavy atom. The Balaban J connectivity index is 1.41. The topological polar surface area (TPSA) is 83.6 Å². The Bertz CT molecular complexity index is 1060. The predicted octanol–water partition coefficient (Wildman–Crippen LogP) is 3.87. The molecule has 2 heterocycles. The van der Waals surface area contributed by atoms with E-state index in [4.69, 9.17) is 4.42 Å². The molecule has 0 atom stereocenters. The minimum Gasteiger partial charge on any atom is -0.478 e. The number of aryl methyl sites for hydroxylation is 2. The zero-order valence-corrected chi connectivity index (χ0v) is 16.2. The average molecular weight is 390 g/mol. The van der Waals surface area contributed by atoms with Crippen LogP contribution >= 0.6 is 0 Å². The first kappa shape index (κ1) is 18.9. The molecule has 1 aliphatic heterocycles. The molecule has 148 valence electrons. The Hall–Kier alpha value is -3.41. The van der Waals surface area contributed by atoms with Crippen molar-refractivity contribution in [2.45, 2.75) is 32.7 Å². The molecule has 0 aliphatic carbocycles. The van der Waals surface area contributed by atoms with Crippen molar-refractivity contribution in [3.8, 4) is 11.3 Å². The number of amides is 1. The second-order valence-corrected chi connectivity index (χ2v) is 7.24. The third-order valence-corrected chi connectivity index (χ3v) is 5.25. The smallest absolute Gasteiger partial charge is 0.335 e. The summed E-state index contributed by atoms with van der Waals surface area (Å²) < 4.78 is 5.89. The minimum absolute atomic E-state index is 0.0218. The van der Waals surface area contributed by atoms with E-state index >= 15 is 0 Å². The van der Waals surface area contributed by atoms with Crippen molar-refractivity contribution in [3.63, 3.8) is 0 Å². The van der Waals surface area contributed by atoms with Crippen LogP contribution in [-0.4, -0.2) is 33.4 Å². The van der Waals surface area contributed by atoms with Gasteiger partial charge in [-0.3, -0.25) is 4.79 Å². The van der Waals surface area contributed by atoms with Crippen molar-refractivity contribution in [2.75, 3.05) is 6.54 Å². The van der Waals surface area contributed by atoms with Gasteiger partial charge in [-0.25, -0.2) is 9.78 Å². The molecule has 2 aromatic carbocycles. The molecular weight excluding hydrogens is 368 g/mol. The maximum Gasteiger partial charge on any atom is 0.335 e. The van der Waals surface area contributed by atoms with Crippen LogP contribution in [-0.2, 0) is 24.2 Å². The van der Waals surface area contributed by atoms with Crippen LogP contribution in [0, 0.1) is 6.92 Å². The van der Waals surface area contributed by atoms with Crippen LogP contribution in [0.5, 0.6) is 0 Å². The van der Waals surface area contributed by atoms with Gasteiger partial charge in [0.1, 0.15) is 0 Å². The van der Waals surface area contributed by atoms with E-state index in [1.165, 1.54) is 0 Å². The van der Waals surface area contributed by atoms with Gasteiger partial charge in [0.25, 0.3) is 0 Å². The van der Waals surface area contributed by atoms with E-state index in [1.807, 2.05) is 43.3 Å². The highest BCUT2D eigenvalue weighted by Crippen LogP contribution is 2.25. The maximum atomic E-state index is 12.7. The largest absolute Gasteiger partial charge is 0.478 e. The highest BCUT2D eigenvalue weighted by molar-refractivity contribution is 5.88. The molecule has 1 aromatic heterocycles. The van der Waals surface area contributed by atoms with Crippen molar-refractivity contribution in [1.82, 2.24) is 9.88 Å². The summed E-state index contributed by atoms with van der Waals surface area (Å²) in [5.74, 6) is 0.361. The quantitative estimate of drug-likeness (QED) is 0.715. The molecule has 0 unspecified atom stereocenters. The highest BCUT2D eigenvalue weighted by Gasteiger charge is 2.22. The molecule has 29 heavy (non-hydrogen) atoms. The molecule has 1 amide bonds. The van der Waals surface area contributed by atoms with Gasteiger partial charge in [-0.1, -0.05) is 36.4 Å². The summed E-state index contributed by atoms with van der Waals surface area (Å²) in [6.45, 7) is 2.98. The number of carbonyl (C=O) groups excluding carboxylic acids is 1. The molecule has 0 bridgehead atoms. The number of fused-ring (bicyclic) bond motifs is 1. The van der Waals surface area contributed by atoms with Crippen molar-refractivity contribution >= 4 is 11.9 Å². The van der Waals surface area contributed by atoms with E-state index in [0.29, 0.717) is 31.8 Å². The molecule has 0 saturated heterocycles. The summed E-state index contributed by atoms with van der Waals surface area (Å²) in [5.41, 5.74) is 4.04. The third kappa shape index (κ3) is 4.06. The van der Waals surface area contributed by atoms with E-state index < -0.39 is 5.97 Å². The highest BCUT2D eigenvalue weighted by atomic mass is 16.4. The number of rotatable bonds is 5. The molecule has 0 saturated carbocycles. The van der Waals surface area contributed by atoms with E-state index in [-0.39, 0.29) is 11.5 Å².